The quantitative estimate of drug-likeness (QED) is 0.630. The minimum Gasteiger partial charge on any atom is -0.472 e. The summed E-state index contributed by atoms with van der Waals surface area (Å²) in [6.45, 7) is 9.02. The van der Waals surface area contributed by atoms with Crippen LogP contribution < -0.4 is 10.1 Å². The van der Waals surface area contributed by atoms with Gasteiger partial charge >= 0.3 is 6.03 Å². The second-order valence-corrected chi connectivity index (χ2v) is 8.36. The van der Waals surface area contributed by atoms with E-state index in [1.165, 1.54) is 0 Å². The van der Waals surface area contributed by atoms with Gasteiger partial charge in [-0.25, -0.2) is 9.78 Å². The third kappa shape index (κ3) is 6.60. The molecule has 176 valence electrons. The zero-order chi connectivity index (χ0) is 23.7. The van der Waals surface area contributed by atoms with Gasteiger partial charge in [-0.2, -0.15) is 0 Å². The Bertz CT molecular complexity index is 848. The molecule has 1 aliphatic rings. The molecule has 3 amide bonds. The van der Waals surface area contributed by atoms with Crippen molar-refractivity contribution in [3.8, 4) is 17.7 Å². The van der Waals surface area contributed by atoms with Crippen molar-refractivity contribution in [2.45, 2.75) is 59.1 Å². The molecular formula is C24H36N4O4. The number of nitrogens with one attached hydrogen (secondary N) is 1. The lowest BCUT2D eigenvalue weighted by Gasteiger charge is -2.37. The number of ether oxygens (including phenoxy) is 1. The molecule has 2 rings (SSSR count). The highest BCUT2D eigenvalue weighted by Gasteiger charge is 2.34. The predicted octanol–water partition coefficient (Wildman–Crippen LogP) is 2.50. The highest BCUT2D eigenvalue weighted by Crippen LogP contribution is 2.27. The number of pyridine rings is 1. The zero-order valence-corrected chi connectivity index (χ0v) is 19.9. The van der Waals surface area contributed by atoms with Gasteiger partial charge in [-0.05, 0) is 25.8 Å². The second kappa shape index (κ2) is 12.3. The first-order valence-electron chi connectivity index (χ1n) is 11.4. The number of amides is 3. The molecule has 8 heteroatoms. The van der Waals surface area contributed by atoms with Crippen LogP contribution in [-0.4, -0.2) is 77.3 Å². The number of rotatable bonds is 7. The van der Waals surface area contributed by atoms with Crippen molar-refractivity contribution in [1.29, 1.82) is 0 Å². The molecular weight excluding hydrogens is 408 g/mol. The fraction of sp³-hybridized carbons (Fsp3) is 0.625. The zero-order valence-electron chi connectivity index (χ0n) is 19.9. The number of hydrogen-bond donors (Lipinski definition) is 2. The lowest BCUT2D eigenvalue weighted by molar-refractivity contribution is 0.0352. The number of aliphatic hydroxyl groups is 1. The monoisotopic (exact) mass is 444 g/mol. The van der Waals surface area contributed by atoms with Gasteiger partial charge in [0.25, 0.3) is 5.91 Å². The molecule has 0 fully saturated rings. The molecule has 8 nitrogen and oxygen atoms in total. The maximum atomic E-state index is 13.3. The molecule has 2 heterocycles. The van der Waals surface area contributed by atoms with E-state index in [1.807, 2.05) is 20.8 Å². The summed E-state index contributed by atoms with van der Waals surface area (Å²) < 4.78 is 6.20. The molecule has 3 atom stereocenters. The minimum atomic E-state index is -0.378. The van der Waals surface area contributed by atoms with Crippen LogP contribution in [0.5, 0.6) is 5.88 Å². The Morgan fingerprint density at radius 1 is 1.44 bits per heavy atom. The van der Waals surface area contributed by atoms with E-state index in [0.29, 0.717) is 30.8 Å². The maximum absolute atomic E-state index is 13.3. The van der Waals surface area contributed by atoms with Crippen LogP contribution in [-0.2, 0) is 0 Å². The Kier molecular flexibility index (Phi) is 9.79. The van der Waals surface area contributed by atoms with Crippen molar-refractivity contribution in [3.63, 3.8) is 0 Å². The van der Waals surface area contributed by atoms with Gasteiger partial charge in [0, 0.05) is 44.2 Å². The molecule has 1 aromatic rings. The third-order valence-electron chi connectivity index (χ3n) is 5.46. The summed E-state index contributed by atoms with van der Waals surface area (Å²) >= 11 is 0. The number of unbranched alkanes of at least 4 members (excludes halogenated alkanes) is 1. The third-order valence-corrected chi connectivity index (χ3v) is 5.46. The number of nitrogens with zero attached hydrogens (tertiary/aromatic N) is 3. The number of fused-ring (bicyclic) bond motifs is 1. The van der Waals surface area contributed by atoms with E-state index in [2.05, 4.69) is 29.1 Å². The van der Waals surface area contributed by atoms with Crippen LogP contribution in [0.2, 0.25) is 0 Å². The summed E-state index contributed by atoms with van der Waals surface area (Å²) in [4.78, 5) is 33.3. The number of aliphatic hydroxyl groups excluding tert-OH is 1. The van der Waals surface area contributed by atoms with Crippen LogP contribution in [0.25, 0.3) is 0 Å². The van der Waals surface area contributed by atoms with E-state index in [0.717, 1.165) is 19.3 Å². The fourth-order valence-corrected chi connectivity index (χ4v) is 3.40. The maximum Gasteiger partial charge on any atom is 0.317 e. The summed E-state index contributed by atoms with van der Waals surface area (Å²) in [5.74, 6) is 6.01. The SMILES string of the molecule is CCCC#Cc1cnc2c(c1)C(=O)N([C@@H](C)CO)C[C@H](C)[C@@H](CN(C)C(=O)NCCC)O2. The molecule has 1 aliphatic heterocycles. The molecule has 0 aromatic carbocycles. The molecule has 0 radical (unpaired) electrons. The highest BCUT2D eigenvalue weighted by atomic mass is 16.5. The summed E-state index contributed by atoms with van der Waals surface area (Å²) in [7, 11) is 1.72. The van der Waals surface area contributed by atoms with Crippen LogP contribution in [0.15, 0.2) is 12.3 Å². The molecule has 0 unspecified atom stereocenters. The first-order valence-corrected chi connectivity index (χ1v) is 11.4. The molecule has 0 saturated carbocycles. The smallest absolute Gasteiger partial charge is 0.317 e. The van der Waals surface area contributed by atoms with E-state index in [1.54, 1.807) is 29.1 Å². The standard InChI is InChI=1S/C24H36N4O4/c1-6-8-9-10-19-12-20-22(26-13-19)32-21(15-27(5)24(31)25-11-7-2)17(3)14-28(23(20)30)18(4)16-29/h12-13,17-18,21,29H,6-8,11,14-16H2,1-5H3,(H,25,31)/t17-,18-,21+/m0/s1. The Labute approximate surface area is 191 Å². The average Bonchev–Trinajstić information content (AvgIpc) is 2.79. The van der Waals surface area contributed by atoms with Crippen molar-refractivity contribution < 1.29 is 19.4 Å². The molecule has 0 aliphatic carbocycles. The van der Waals surface area contributed by atoms with Gasteiger partial charge in [0.1, 0.15) is 11.7 Å². The topological polar surface area (TPSA) is 95.0 Å². The largest absolute Gasteiger partial charge is 0.472 e. The van der Waals surface area contributed by atoms with E-state index in [9.17, 15) is 14.7 Å². The summed E-state index contributed by atoms with van der Waals surface area (Å²) in [6.07, 6.45) is 3.80. The van der Waals surface area contributed by atoms with Crippen molar-refractivity contribution in [2.75, 3.05) is 33.3 Å². The Balaban J connectivity index is 2.38. The Hall–Kier alpha value is -2.79. The van der Waals surface area contributed by atoms with E-state index >= 15 is 0 Å². The lowest BCUT2D eigenvalue weighted by atomic mass is 10.00. The van der Waals surface area contributed by atoms with Crippen molar-refractivity contribution in [1.82, 2.24) is 20.1 Å². The van der Waals surface area contributed by atoms with E-state index in [4.69, 9.17) is 4.74 Å². The second-order valence-electron chi connectivity index (χ2n) is 8.36. The number of carbonyl (C=O) groups excluding carboxylic acids is 2. The molecule has 32 heavy (non-hydrogen) atoms. The molecule has 0 bridgehead atoms. The van der Waals surface area contributed by atoms with Crippen molar-refractivity contribution >= 4 is 11.9 Å². The van der Waals surface area contributed by atoms with E-state index < -0.39 is 0 Å². The van der Waals surface area contributed by atoms with Crippen LogP contribution in [0.1, 0.15) is 62.9 Å². The molecule has 2 N–H and O–H groups in total. The van der Waals surface area contributed by atoms with E-state index in [-0.39, 0.29) is 42.5 Å². The van der Waals surface area contributed by atoms with Gasteiger partial charge in [0.15, 0.2) is 0 Å². The van der Waals surface area contributed by atoms with Crippen LogP contribution in [0.4, 0.5) is 4.79 Å². The Morgan fingerprint density at radius 2 is 2.19 bits per heavy atom. The summed E-state index contributed by atoms with van der Waals surface area (Å²) in [6, 6.07) is 1.17. The highest BCUT2D eigenvalue weighted by molar-refractivity contribution is 5.97. The van der Waals surface area contributed by atoms with Gasteiger partial charge in [0.05, 0.1) is 19.2 Å². The molecule has 0 spiro atoms. The van der Waals surface area contributed by atoms with Crippen LogP contribution in [0.3, 0.4) is 0 Å². The number of aromatic nitrogens is 1. The average molecular weight is 445 g/mol. The minimum absolute atomic E-state index is 0.0895. The molecule has 0 saturated heterocycles. The van der Waals surface area contributed by atoms with Gasteiger partial charge < -0.3 is 25.0 Å². The summed E-state index contributed by atoms with van der Waals surface area (Å²) in [5.41, 5.74) is 0.968. The van der Waals surface area contributed by atoms with Crippen molar-refractivity contribution in [3.05, 3.63) is 23.4 Å². The fourth-order valence-electron chi connectivity index (χ4n) is 3.40. The van der Waals surface area contributed by atoms with Gasteiger partial charge in [-0.15, -0.1) is 0 Å². The number of carbonyl (C=O) groups is 2. The normalized spacial score (nSPS) is 18.9. The number of urea groups is 1. The lowest BCUT2D eigenvalue weighted by Crippen LogP contribution is -2.51. The van der Waals surface area contributed by atoms with Crippen molar-refractivity contribution in [2.24, 2.45) is 5.92 Å². The van der Waals surface area contributed by atoms with Crippen LogP contribution in [0, 0.1) is 17.8 Å². The first-order chi connectivity index (χ1) is 15.3. The first kappa shape index (κ1) is 25.5. The molecule has 1 aromatic heterocycles. The van der Waals surface area contributed by atoms with Gasteiger partial charge in [-0.1, -0.05) is 32.6 Å². The van der Waals surface area contributed by atoms with Gasteiger partial charge in [-0.3, -0.25) is 4.79 Å². The van der Waals surface area contributed by atoms with Crippen LogP contribution >= 0.6 is 0 Å². The number of likely N-dealkylation sites (N-methyl/N-ethyl adjacent to an activating group) is 1. The number of hydrogen-bond acceptors (Lipinski definition) is 5. The predicted molar refractivity (Wildman–Crippen MR) is 124 cm³/mol. The summed E-state index contributed by atoms with van der Waals surface area (Å²) in [5, 5.41) is 12.6. The Morgan fingerprint density at radius 3 is 2.84 bits per heavy atom. The van der Waals surface area contributed by atoms with Gasteiger partial charge in [0.2, 0.25) is 5.88 Å².